The Labute approximate surface area is 156 Å². The Hall–Kier alpha value is -3.23. The maximum absolute atomic E-state index is 9.74. The fourth-order valence-electron chi connectivity index (χ4n) is 3.18. The van der Waals surface area contributed by atoms with Gasteiger partial charge in [-0.1, -0.05) is 42.5 Å². The number of benzene rings is 2. The van der Waals surface area contributed by atoms with Gasteiger partial charge >= 0.3 is 7.12 Å². The second-order valence-electron chi connectivity index (χ2n) is 6.27. The third-order valence-electron chi connectivity index (χ3n) is 4.42. The molecule has 27 heavy (non-hydrogen) atoms. The van der Waals surface area contributed by atoms with E-state index in [4.69, 9.17) is 0 Å². The fraction of sp³-hybridized carbons (Fsp3) is 0.105. The van der Waals surface area contributed by atoms with Crippen LogP contribution in [0.4, 0.5) is 5.82 Å². The summed E-state index contributed by atoms with van der Waals surface area (Å²) < 4.78 is 0. The summed E-state index contributed by atoms with van der Waals surface area (Å²) in [6.45, 7) is 2.52. The number of nitrogens with zero attached hydrogens (tertiary/aromatic N) is 3. The minimum absolute atomic E-state index is 0.401. The second kappa shape index (κ2) is 7.18. The largest absolute Gasteiger partial charge is 0.489 e. The number of anilines is 1. The Morgan fingerprint density at radius 3 is 2.67 bits per heavy atom. The van der Waals surface area contributed by atoms with Gasteiger partial charge in [-0.15, -0.1) is 5.10 Å². The zero-order valence-corrected chi connectivity index (χ0v) is 14.7. The van der Waals surface area contributed by atoms with Crippen LogP contribution in [0.5, 0.6) is 0 Å². The third kappa shape index (κ3) is 3.40. The van der Waals surface area contributed by atoms with Crippen LogP contribution in [0.25, 0.3) is 22.3 Å². The molecule has 4 N–H and O–H groups in total. The maximum atomic E-state index is 9.74. The van der Waals surface area contributed by atoms with E-state index >= 15 is 0 Å². The molecule has 0 unspecified atom stereocenters. The molecular weight excluding hydrogens is 341 g/mol. The molecule has 4 aromatic rings. The molecule has 0 aliphatic rings. The monoisotopic (exact) mass is 359 g/mol. The zero-order chi connectivity index (χ0) is 18.8. The molecule has 8 heteroatoms. The number of hydrogen-bond donors (Lipinski definition) is 4. The minimum Gasteiger partial charge on any atom is -0.423 e. The second-order valence-corrected chi connectivity index (χ2v) is 6.27. The Morgan fingerprint density at radius 2 is 1.89 bits per heavy atom. The van der Waals surface area contributed by atoms with Crippen LogP contribution >= 0.6 is 0 Å². The van der Waals surface area contributed by atoms with Crippen molar-refractivity contribution in [3.05, 3.63) is 66.0 Å². The molecule has 0 fully saturated rings. The van der Waals surface area contributed by atoms with Crippen molar-refractivity contribution in [2.45, 2.75) is 13.5 Å². The molecule has 0 aliphatic carbocycles. The number of nitrogens with one attached hydrogen (secondary N) is 2. The van der Waals surface area contributed by atoms with Crippen LogP contribution in [-0.2, 0) is 6.54 Å². The lowest BCUT2D eigenvalue weighted by molar-refractivity contribution is 0.426. The highest BCUT2D eigenvalue weighted by molar-refractivity contribution is 6.62. The van der Waals surface area contributed by atoms with E-state index in [9.17, 15) is 10.0 Å². The van der Waals surface area contributed by atoms with Crippen LogP contribution in [0.2, 0.25) is 0 Å². The first-order chi connectivity index (χ1) is 13.1. The van der Waals surface area contributed by atoms with Crippen LogP contribution in [0.3, 0.4) is 0 Å². The fourth-order valence-corrected chi connectivity index (χ4v) is 3.18. The molecule has 7 nitrogen and oxygen atoms in total. The highest BCUT2D eigenvalue weighted by Gasteiger charge is 2.22. The van der Waals surface area contributed by atoms with Gasteiger partial charge in [0.05, 0.1) is 6.20 Å². The Kier molecular flexibility index (Phi) is 4.58. The molecular formula is C19H18BN5O2. The average Bonchev–Trinajstić information content (AvgIpc) is 3.03. The van der Waals surface area contributed by atoms with Gasteiger partial charge < -0.3 is 20.3 Å². The normalized spacial score (nSPS) is 10.9. The van der Waals surface area contributed by atoms with Gasteiger partial charge in [-0.2, -0.15) is 5.10 Å². The molecule has 2 aromatic carbocycles. The Balaban J connectivity index is 1.73. The standard InChI is InChI=1S/C19H18BN5O2/c1-12-17(18-14(20(26)27)8-5-9-15(18)23-12)19-24-16(11-22-25-19)21-10-13-6-3-2-4-7-13/h2-9,11,23,26-27H,10H2,1H3,(H,21,24,25). The molecule has 2 aromatic heterocycles. The van der Waals surface area contributed by atoms with Crippen molar-refractivity contribution >= 4 is 29.3 Å². The van der Waals surface area contributed by atoms with Crippen LogP contribution in [0, 0.1) is 6.92 Å². The lowest BCUT2D eigenvalue weighted by Crippen LogP contribution is -2.30. The van der Waals surface area contributed by atoms with Crippen molar-refractivity contribution in [3.8, 4) is 11.4 Å². The van der Waals surface area contributed by atoms with Gasteiger partial charge in [-0.25, -0.2) is 4.98 Å². The summed E-state index contributed by atoms with van der Waals surface area (Å²) in [5.41, 5.74) is 3.87. The summed E-state index contributed by atoms with van der Waals surface area (Å²) in [7, 11) is -1.59. The van der Waals surface area contributed by atoms with Crippen molar-refractivity contribution in [1.29, 1.82) is 0 Å². The minimum atomic E-state index is -1.59. The van der Waals surface area contributed by atoms with E-state index < -0.39 is 7.12 Å². The SMILES string of the molecule is Cc1[nH]c2cccc(B(O)O)c2c1-c1nncc(NCc2ccccc2)n1. The van der Waals surface area contributed by atoms with Crippen LogP contribution < -0.4 is 10.8 Å². The van der Waals surface area contributed by atoms with Crippen LogP contribution in [-0.4, -0.2) is 37.3 Å². The van der Waals surface area contributed by atoms with Gasteiger partial charge in [0.15, 0.2) is 5.82 Å². The molecule has 0 bridgehead atoms. The first-order valence-corrected chi connectivity index (χ1v) is 8.58. The quantitative estimate of drug-likeness (QED) is 0.404. The summed E-state index contributed by atoms with van der Waals surface area (Å²) in [5.74, 6) is 1.02. The summed E-state index contributed by atoms with van der Waals surface area (Å²) in [6.07, 6.45) is 1.57. The topological polar surface area (TPSA) is 107 Å². The average molecular weight is 359 g/mol. The predicted octanol–water partition coefficient (Wildman–Crippen LogP) is 1.62. The van der Waals surface area contributed by atoms with Crippen LogP contribution in [0.15, 0.2) is 54.7 Å². The molecule has 134 valence electrons. The summed E-state index contributed by atoms with van der Waals surface area (Å²) >= 11 is 0. The summed E-state index contributed by atoms with van der Waals surface area (Å²) in [6, 6.07) is 15.3. The lowest BCUT2D eigenvalue weighted by atomic mass is 9.77. The van der Waals surface area contributed by atoms with Crippen LogP contribution in [0.1, 0.15) is 11.3 Å². The predicted molar refractivity (Wildman–Crippen MR) is 105 cm³/mol. The van der Waals surface area contributed by atoms with E-state index in [0.29, 0.717) is 34.6 Å². The maximum Gasteiger partial charge on any atom is 0.489 e. The van der Waals surface area contributed by atoms with E-state index in [2.05, 4.69) is 25.5 Å². The van der Waals surface area contributed by atoms with Crippen molar-refractivity contribution in [3.63, 3.8) is 0 Å². The van der Waals surface area contributed by atoms with E-state index in [0.717, 1.165) is 16.8 Å². The first kappa shape index (κ1) is 17.2. The smallest absolute Gasteiger partial charge is 0.423 e. The van der Waals surface area contributed by atoms with Gasteiger partial charge in [0.1, 0.15) is 5.82 Å². The summed E-state index contributed by atoms with van der Waals surface area (Å²) in [5, 5.41) is 31.6. The number of aromatic nitrogens is 4. The number of H-pyrrole nitrogens is 1. The van der Waals surface area contributed by atoms with E-state index in [1.807, 2.05) is 43.3 Å². The lowest BCUT2D eigenvalue weighted by Gasteiger charge is -2.08. The van der Waals surface area contributed by atoms with E-state index in [-0.39, 0.29) is 0 Å². The molecule has 2 heterocycles. The van der Waals surface area contributed by atoms with E-state index in [1.165, 1.54) is 0 Å². The number of fused-ring (bicyclic) bond motifs is 1. The number of hydrogen-bond acceptors (Lipinski definition) is 6. The van der Waals surface area contributed by atoms with Gasteiger partial charge in [0.2, 0.25) is 0 Å². The summed E-state index contributed by atoms with van der Waals surface area (Å²) in [4.78, 5) is 7.82. The van der Waals surface area contributed by atoms with Gasteiger partial charge in [0.25, 0.3) is 0 Å². The number of aromatic amines is 1. The number of rotatable bonds is 5. The Morgan fingerprint density at radius 1 is 1.07 bits per heavy atom. The molecule has 0 spiro atoms. The molecule has 0 saturated carbocycles. The van der Waals surface area contributed by atoms with Crippen molar-refractivity contribution in [2.75, 3.05) is 5.32 Å². The molecule has 4 rings (SSSR count). The van der Waals surface area contributed by atoms with Crippen molar-refractivity contribution in [1.82, 2.24) is 20.2 Å². The van der Waals surface area contributed by atoms with Crippen molar-refractivity contribution in [2.24, 2.45) is 0 Å². The van der Waals surface area contributed by atoms with Gasteiger partial charge in [-0.3, -0.25) is 0 Å². The van der Waals surface area contributed by atoms with Crippen molar-refractivity contribution < 1.29 is 10.0 Å². The third-order valence-corrected chi connectivity index (χ3v) is 4.42. The molecule has 0 atom stereocenters. The van der Waals surface area contributed by atoms with E-state index in [1.54, 1.807) is 18.3 Å². The first-order valence-electron chi connectivity index (χ1n) is 8.58. The number of aryl methyl sites for hydroxylation is 1. The molecule has 0 saturated heterocycles. The molecule has 0 aliphatic heterocycles. The highest BCUT2D eigenvalue weighted by atomic mass is 16.4. The molecule has 0 amide bonds. The Bertz CT molecular complexity index is 1080. The zero-order valence-electron chi connectivity index (χ0n) is 14.7. The van der Waals surface area contributed by atoms with Gasteiger partial charge in [0, 0.05) is 28.7 Å². The molecule has 0 radical (unpaired) electrons. The highest BCUT2D eigenvalue weighted by Crippen LogP contribution is 2.29. The van der Waals surface area contributed by atoms with Gasteiger partial charge in [-0.05, 0) is 24.0 Å².